The topological polar surface area (TPSA) is 157 Å². The van der Waals surface area contributed by atoms with Gasteiger partial charge in [0.2, 0.25) is 12.1 Å². The van der Waals surface area contributed by atoms with Crippen molar-refractivity contribution in [1.29, 1.82) is 0 Å². The number of aliphatic carboxylic acids is 1. The third-order valence-corrected chi connectivity index (χ3v) is 9.44. The van der Waals surface area contributed by atoms with E-state index in [1.54, 1.807) is 0 Å². The zero-order valence-electron chi connectivity index (χ0n) is 30.7. The van der Waals surface area contributed by atoms with E-state index in [9.17, 15) is 73.9 Å². The van der Waals surface area contributed by atoms with E-state index in [0.717, 1.165) is 38.5 Å². The minimum atomic E-state index is -5.92. The first-order valence-corrected chi connectivity index (χ1v) is 18.8. The molecule has 0 spiro atoms. The van der Waals surface area contributed by atoms with E-state index in [2.05, 4.69) is 0 Å². The van der Waals surface area contributed by atoms with Gasteiger partial charge in [0.15, 0.2) is 37.1 Å². The number of alkyl halides is 10. The van der Waals surface area contributed by atoms with Crippen LogP contribution in [0.15, 0.2) is 0 Å². The monoisotopic (exact) mass is 825 g/mol. The standard InChI is InChI=1S/C35H57F10NO9/c36-21(25(37)26(38)27(39)28(40)29(41)33(42)35(43,44)45)14-10-6-5-9-13-17-46(18-19-54-34-32(53)31(52)30(51)22(20-47)55-34)23(48)15-11-7-3-1-2-4-8-12-16-24(49)50/h21-22,25-34,47,51-53H,1-20H2,(H,49,50)/t21?,22-,25?,26?,27?,28?,29?,30+,31+,32-,33?,34-/m1/s1. The van der Waals surface area contributed by atoms with Gasteiger partial charge in [-0.05, 0) is 25.7 Å². The van der Waals surface area contributed by atoms with Gasteiger partial charge in [0.1, 0.15) is 30.6 Å². The molecule has 0 aromatic heterocycles. The van der Waals surface area contributed by atoms with Crippen LogP contribution in [-0.2, 0) is 19.1 Å². The zero-order valence-corrected chi connectivity index (χ0v) is 30.7. The first-order chi connectivity index (χ1) is 25.8. The average Bonchev–Trinajstić information content (AvgIpc) is 3.14. The summed E-state index contributed by atoms with van der Waals surface area (Å²) in [4.78, 5) is 25.2. The molecule has 0 saturated carbocycles. The maximum absolute atomic E-state index is 14.2. The number of hydrogen-bond donors (Lipinski definition) is 5. The highest BCUT2D eigenvalue weighted by Gasteiger charge is 2.53. The maximum Gasteiger partial charge on any atom is 0.422 e. The number of unbranched alkanes of at least 4 members (excludes halogenated alkanes) is 11. The van der Waals surface area contributed by atoms with Crippen LogP contribution in [0.4, 0.5) is 43.9 Å². The number of aliphatic hydroxyl groups excluding tert-OH is 4. The van der Waals surface area contributed by atoms with E-state index >= 15 is 0 Å². The van der Waals surface area contributed by atoms with Crippen LogP contribution in [-0.4, -0.2) is 149 Å². The third-order valence-electron chi connectivity index (χ3n) is 9.44. The molecule has 12 atom stereocenters. The van der Waals surface area contributed by atoms with Crippen LogP contribution in [0.1, 0.15) is 103 Å². The molecule has 20 heteroatoms. The fraction of sp³-hybridized carbons (Fsp3) is 0.943. The number of carbonyl (C=O) groups is 2. The number of rotatable bonds is 30. The third kappa shape index (κ3) is 18.9. The van der Waals surface area contributed by atoms with Crippen molar-refractivity contribution in [1.82, 2.24) is 4.90 Å². The lowest BCUT2D eigenvalue weighted by Gasteiger charge is -2.39. The number of aliphatic hydroxyl groups is 4. The Hall–Kier alpha value is -2.00. The van der Waals surface area contributed by atoms with E-state index in [-0.39, 0.29) is 51.3 Å². The Morgan fingerprint density at radius 3 is 1.67 bits per heavy atom. The molecule has 5 N–H and O–H groups in total. The summed E-state index contributed by atoms with van der Waals surface area (Å²) in [7, 11) is 0. The zero-order chi connectivity index (χ0) is 41.7. The lowest BCUT2D eigenvalue weighted by Crippen LogP contribution is -2.59. The fourth-order valence-electron chi connectivity index (χ4n) is 6.02. The molecule has 1 saturated heterocycles. The molecular formula is C35H57F10NO9. The molecule has 0 radical (unpaired) electrons. The molecule has 1 aliphatic heterocycles. The largest absolute Gasteiger partial charge is 0.481 e. The first kappa shape index (κ1) is 51.0. The Balaban J connectivity index is 2.55. The molecule has 0 aliphatic carbocycles. The normalized spacial score (nSPS) is 24.4. The molecule has 1 amide bonds. The van der Waals surface area contributed by atoms with Crippen molar-refractivity contribution < 1.29 is 88.5 Å². The Bertz CT molecular complexity index is 1050. The van der Waals surface area contributed by atoms with E-state index in [0.29, 0.717) is 32.1 Å². The molecule has 326 valence electrons. The molecule has 0 aromatic rings. The van der Waals surface area contributed by atoms with Crippen LogP contribution >= 0.6 is 0 Å². The molecule has 10 nitrogen and oxygen atoms in total. The van der Waals surface area contributed by atoms with Crippen LogP contribution in [0, 0.1) is 0 Å². The predicted molar refractivity (Wildman–Crippen MR) is 178 cm³/mol. The molecule has 1 fully saturated rings. The van der Waals surface area contributed by atoms with Crippen LogP contribution in [0.2, 0.25) is 0 Å². The lowest BCUT2D eigenvalue weighted by atomic mass is 9.97. The molecule has 0 aromatic carbocycles. The Morgan fingerprint density at radius 2 is 1.13 bits per heavy atom. The van der Waals surface area contributed by atoms with Gasteiger partial charge in [0.25, 0.3) is 0 Å². The summed E-state index contributed by atoms with van der Waals surface area (Å²) in [6.07, 6.45) is -32.0. The summed E-state index contributed by atoms with van der Waals surface area (Å²) in [5, 5.41) is 48.2. The van der Waals surface area contributed by atoms with E-state index in [4.69, 9.17) is 14.6 Å². The number of carboxylic acids is 1. The number of nitrogens with zero attached hydrogens (tertiary/aromatic N) is 1. The van der Waals surface area contributed by atoms with Crippen molar-refractivity contribution in [3.05, 3.63) is 0 Å². The van der Waals surface area contributed by atoms with Crippen LogP contribution in [0.5, 0.6) is 0 Å². The molecular weight excluding hydrogens is 768 g/mol. The predicted octanol–water partition coefficient (Wildman–Crippen LogP) is 5.89. The van der Waals surface area contributed by atoms with Gasteiger partial charge in [-0.1, -0.05) is 64.2 Å². The Kier molecular flexibility index (Phi) is 24.9. The molecule has 1 aliphatic rings. The molecule has 1 heterocycles. The second-order valence-corrected chi connectivity index (χ2v) is 13.9. The van der Waals surface area contributed by atoms with Gasteiger partial charge in [-0.25, -0.2) is 30.7 Å². The summed E-state index contributed by atoms with van der Waals surface area (Å²) in [6.45, 7) is -0.539. The summed E-state index contributed by atoms with van der Waals surface area (Å²) in [6, 6.07) is 0. The van der Waals surface area contributed by atoms with Crippen molar-refractivity contribution in [3.63, 3.8) is 0 Å². The van der Waals surface area contributed by atoms with E-state index in [1.807, 2.05) is 0 Å². The van der Waals surface area contributed by atoms with Crippen molar-refractivity contribution >= 4 is 11.9 Å². The number of carboxylic acid groups (broad SMARTS) is 1. The summed E-state index contributed by atoms with van der Waals surface area (Å²) in [5.74, 6) is -1.03. The van der Waals surface area contributed by atoms with Crippen LogP contribution < -0.4 is 0 Å². The second-order valence-electron chi connectivity index (χ2n) is 13.9. The van der Waals surface area contributed by atoms with Gasteiger partial charge in [0, 0.05) is 25.9 Å². The number of carbonyl (C=O) groups excluding carboxylic acids is 1. The number of hydrogen-bond acceptors (Lipinski definition) is 8. The van der Waals surface area contributed by atoms with Gasteiger partial charge in [0.05, 0.1) is 13.2 Å². The molecule has 1 rings (SSSR count). The smallest absolute Gasteiger partial charge is 0.422 e. The van der Waals surface area contributed by atoms with Gasteiger partial charge in [-0.15, -0.1) is 0 Å². The molecule has 7 unspecified atom stereocenters. The van der Waals surface area contributed by atoms with Crippen molar-refractivity contribution in [2.75, 3.05) is 26.3 Å². The second kappa shape index (κ2) is 26.8. The van der Waals surface area contributed by atoms with Gasteiger partial charge >= 0.3 is 12.1 Å². The highest BCUT2D eigenvalue weighted by atomic mass is 19.4. The fourth-order valence-corrected chi connectivity index (χ4v) is 6.02. The highest BCUT2D eigenvalue weighted by Crippen LogP contribution is 2.33. The SMILES string of the molecule is O=C(O)CCCCCCCCCCC(=O)N(CCCCCCCC(F)C(F)C(F)C(F)C(F)C(F)C(F)C(F)(F)F)CCO[C@@H]1O[C@H](CO)[C@H](O)[C@H](O)[C@H]1O. The van der Waals surface area contributed by atoms with Crippen molar-refractivity contribution in [2.45, 2.75) is 183 Å². The maximum atomic E-state index is 14.2. The van der Waals surface area contributed by atoms with Gasteiger partial charge in [-0.3, -0.25) is 9.59 Å². The number of halogens is 10. The van der Waals surface area contributed by atoms with Crippen LogP contribution in [0.3, 0.4) is 0 Å². The Labute approximate surface area is 314 Å². The molecule has 0 bridgehead atoms. The number of ether oxygens (including phenoxy) is 2. The van der Waals surface area contributed by atoms with Crippen molar-refractivity contribution in [2.24, 2.45) is 0 Å². The average molecular weight is 826 g/mol. The summed E-state index contributed by atoms with van der Waals surface area (Å²) >= 11 is 0. The lowest BCUT2D eigenvalue weighted by molar-refractivity contribution is -0.301. The number of amides is 1. The quantitative estimate of drug-likeness (QED) is 0.0441. The summed E-state index contributed by atoms with van der Waals surface area (Å²) in [5.41, 5.74) is 0. The Morgan fingerprint density at radius 1 is 0.636 bits per heavy atom. The summed E-state index contributed by atoms with van der Waals surface area (Å²) < 4.78 is 144. The van der Waals surface area contributed by atoms with E-state index in [1.165, 1.54) is 4.90 Å². The minimum Gasteiger partial charge on any atom is -0.481 e. The van der Waals surface area contributed by atoms with Gasteiger partial charge < -0.3 is 39.9 Å². The first-order valence-electron chi connectivity index (χ1n) is 18.8. The van der Waals surface area contributed by atoms with E-state index < -0.39 is 99.1 Å². The molecule has 55 heavy (non-hydrogen) atoms. The van der Waals surface area contributed by atoms with Gasteiger partial charge in [-0.2, -0.15) is 13.2 Å². The van der Waals surface area contributed by atoms with Crippen LogP contribution in [0.25, 0.3) is 0 Å². The minimum absolute atomic E-state index is 0.0384. The van der Waals surface area contributed by atoms with Crippen molar-refractivity contribution in [3.8, 4) is 0 Å². The highest BCUT2D eigenvalue weighted by molar-refractivity contribution is 5.76.